The highest BCUT2D eigenvalue weighted by molar-refractivity contribution is 14.0. The van der Waals surface area contributed by atoms with Crippen molar-refractivity contribution in [3.8, 4) is 5.75 Å². The number of benzene rings is 1. The molecule has 144 valence electrons. The number of para-hydroxylation sites is 1. The molecule has 0 fully saturated rings. The van der Waals surface area contributed by atoms with E-state index in [9.17, 15) is 5.11 Å². The summed E-state index contributed by atoms with van der Waals surface area (Å²) < 4.78 is 7.02. The molecule has 0 saturated heterocycles. The van der Waals surface area contributed by atoms with Crippen LogP contribution in [0.3, 0.4) is 0 Å². The van der Waals surface area contributed by atoms with Gasteiger partial charge in [0.05, 0.1) is 26.4 Å². The number of halogens is 1. The highest BCUT2D eigenvalue weighted by atomic mass is 127. The molecule has 0 radical (unpaired) electrons. The van der Waals surface area contributed by atoms with Gasteiger partial charge in [0.25, 0.3) is 0 Å². The molecule has 8 heteroatoms. The summed E-state index contributed by atoms with van der Waals surface area (Å²) in [6.07, 6.45) is 3.47. The zero-order valence-electron chi connectivity index (χ0n) is 15.7. The first-order chi connectivity index (χ1) is 12.0. The number of aryl methyl sites for hydroxylation is 1. The number of aromatic nitrogens is 2. The van der Waals surface area contributed by atoms with Crippen LogP contribution in [-0.2, 0) is 19.2 Å². The largest absolute Gasteiger partial charge is 0.496 e. The first-order valence-electron chi connectivity index (χ1n) is 8.32. The highest BCUT2D eigenvalue weighted by Gasteiger charge is 2.25. The number of guanidine groups is 1. The van der Waals surface area contributed by atoms with Gasteiger partial charge in [-0.15, -0.1) is 24.0 Å². The lowest BCUT2D eigenvalue weighted by molar-refractivity contribution is 0.0616. The topological polar surface area (TPSA) is 83.7 Å². The smallest absolute Gasteiger partial charge is 0.191 e. The second-order valence-corrected chi connectivity index (χ2v) is 6.04. The fourth-order valence-electron chi connectivity index (χ4n) is 2.40. The number of aliphatic hydroxyl groups is 1. The molecule has 0 bridgehead atoms. The van der Waals surface area contributed by atoms with Crippen LogP contribution in [0.4, 0.5) is 0 Å². The van der Waals surface area contributed by atoms with Gasteiger partial charge in [0.1, 0.15) is 11.4 Å². The molecule has 0 saturated carbocycles. The van der Waals surface area contributed by atoms with Crippen molar-refractivity contribution >= 4 is 29.9 Å². The van der Waals surface area contributed by atoms with Crippen molar-refractivity contribution in [2.75, 3.05) is 20.2 Å². The Hall–Kier alpha value is -1.81. The zero-order chi connectivity index (χ0) is 18.3. The van der Waals surface area contributed by atoms with Crippen molar-refractivity contribution in [3.05, 3.63) is 47.8 Å². The van der Waals surface area contributed by atoms with Crippen molar-refractivity contribution in [2.24, 2.45) is 12.0 Å². The van der Waals surface area contributed by atoms with E-state index in [1.54, 1.807) is 31.1 Å². The highest BCUT2D eigenvalue weighted by Crippen LogP contribution is 2.19. The number of nitrogens with zero attached hydrogens (tertiary/aromatic N) is 3. The lowest BCUT2D eigenvalue weighted by atomic mass is 10.00. The van der Waals surface area contributed by atoms with E-state index in [2.05, 4.69) is 20.7 Å². The third-order valence-electron chi connectivity index (χ3n) is 3.87. The van der Waals surface area contributed by atoms with Crippen molar-refractivity contribution in [1.82, 2.24) is 20.4 Å². The third-order valence-corrected chi connectivity index (χ3v) is 3.87. The van der Waals surface area contributed by atoms with Crippen LogP contribution < -0.4 is 15.4 Å². The van der Waals surface area contributed by atoms with Gasteiger partial charge in [-0.3, -0.25) is 4.68 Å². The summed E-state index contributed by atoms with van der Waals surface area (Å²) in [5.41, 5.74) is 0.707. The molecule has 0 aliphatic heterocycles. The van der Waals surface area contributed by atoms with E-state index < -0.39 is 5.60 Å². The number of ether oxygens (including phenoxy) is 1. The molecular weight excluding hydrogens is 445 g/mol. The Morgan fingerprint density at radius 2 is 2.08 bits per heavy atom. The number of rotatable bonds is 7. The molecule has 1 atom stereocenters. The average molecular weight is 473 g/mol. The van der Waals surface area contributed by atoms with Crippen LogP contribution >= 0.6 is 24.0 Å². The Kier molecular flexibility index (Phi) is 8.86. The number of nitrogens with one attached hydrogen (secondary N) is 2. The van der Waals surface area contributed by atoms with Gasteiger partial charge in [0.15, 0.2) is 5.96 Å². The Balaban J connectivity index is 0.00000338. The molecule has 0 spiro atoms. The van der Waals surface area contributed by atoms with Crippen LogP contribution in [-0.4, -0.2) is 41.0 Å². The first-order valence-corrected chi connectivity index (χ1v) is 8.32. The van der Waals surface area contributed by atoms with Gasteiger partial charge in [-0.2, -0.15) is 5.10 Å². The van der Waals surface area contributed by atoms with E-state index in [-0.39, 0.29) is 24.0 Å². The number of hydrogen-bond acceptors (Lipinski definition) is 4. The molecule has 0 amide bonds. The molecular formula is C18H28IN5O2. The normalized spacial score (nSPS) is 13.5. The van der Waals surface area contributed by atoms with Crippen molar-refractivity contribution in [3.63, 3.8) is 0 Å². The van der Waals surface area contributed by atoms with Gasteiger partial charge in [0.2, 0.25) is 0 Å². The quantitative estimate of drug-likeness (QED) is 0.326. The molecule has 1 aromatic heterocycles. The van der Waals surface area contributed by atoms with Crippen LogP contribution in [0.2, 0.25) is 0 Å². The van der Waals surface area contributed by atoms with Gasteiger partial charge in [0, 0.05) is 30.9 Å². The number of hydrogen-bond donors (Lipinski definition) is 3. The summed E-state index contributed by atoms with van der Waals surface area (Å²) in [6, 6.07) is 7.79. The van der Waals surface area contributed by atoms with Gasteiger partial charge in [-0.05, 0) is 19.9 Å². The first kappa shape index (κ1) is 22.2. The molecule has 2 aromatic rings. The summed E-state index contributed by atoms with van der Waals surface area (Å²) in [7, 11) is 3.48. The van der Waals surface area contributed by atoms with Crippen LogP contribution in [0.5, 0.6) is 5.75 Å². The minimum absolute atomic E-state index is 0. The summed E-state index contributed by atoms with van der Waals surface area (Å²) in [5, 5.41) is 21.1. The molecule has 0 aliphatic rings. The van der Waals surface area contributed by atoms with Crippen LogP contribution in [0.25, 0.3) is 0 Å². The fraction of sp³-hybridized carbons (Fsp3) is 0.444. The number of methoxy groups -OCH3 is 1. The van der Waals surface area contributed by atoms with E-state index in [4.69, 9.17) is 4.74 Å². The molecule has 0 aliphatic carbocycles. The SMILES string of the molecule is CCNC(=NCc1ccccc1OC)NCC(C)(O)c1cnn(C)c1.I. The Bertz CT molecular complexity index is 715. The lowest BCUT2D eigenvalue weighted by Crippen LogP contribution is -2.44. The molecule has 1 unspecified atom stereocenters. The second-order valence-electron chi connectivity index (χ2n) is 6.04. The maximum atomic E-state index is 10.7. The Labute approximate surface area is 171 Å². The molecule has 1 aromatic carbocycles. The van der Waals surface area contributed by atoms with Crippen molar-refractivity contribution in [2.45, 2.75) is 26.0 Å². The minimum Gasteiger partial charge on any atom is -0.496 e. The van der Waals surface area contributed by atoms with Crippen LogP contribution in [0, 0.1) is 0 Å². The standard InChI is InChI=1S/C18H27N5O2.HI/c1-5-19-17(20-10-14-8-6-7-9-16(14)25-4)21-13-18(2,24)15-11-22-23(3)12-15;/h6-9,11-12,24H,5,10,13H2,1-4H3,(H2,19,20,21);1H. The van der Waals surface area contributed by atoms with Gasteiger partial charge in [-0.1, -0.05) is 18.2 Å². The summed E-state index contributed by atoms with van der Waals surface area (Å²) in [6.45, 7) is 5.28. The van der Waals surface area contributed by atoms with Crippen LogP contribution in [0.1, 0.15) is 25.0 Å². The van der Waals surface area contributed by atoms with Gasteiger partial charge in [-0.25, -0.2) is 4.99 Å². The summed E-state index contributed by atoms with van der Waals surface area (Å²) in [5.74, 6) is 1.45. The Morgan fingerprint density at radius 3 is 2.69 bits per heavy atom. The summed E-state index contributed by atoms with van der Waals surface area (Å²) in [4.78, 5) is 4.58. The van der Waals surface area contributed by atoms with E-state index in [0.717, 1.165) is 23.4 Å². The monoisotopic (exact) mass is 473 g/mol. The third kappa shape index (κ3) is 6.17. The fourth-order valence-corrected chi connectivity index (χ4v) is 2.40. The molecule has 7 nitrogen and oxygen atoms in total. The van der Waals surface area contributed by atoms with E-state index in [0.29, 0.717) is 19.0 Å². The molecule has 3 N–H and O–H groups in total. The predicted molar refractivity (Wildman–Crippen MR) is 114 cm³/mol. The van der Waals surface area contributed by atoms with Gasteiger partial charge < -0.3 is 20.5 Å². The molecule has 26 heavy (non-hydrogen) atoms. The number of aliphatic imine (C=N–C) groups is 1. The second kappa shape index (κ2) is 10.4. The maximum absolute atomic E-state index is 10.7. The summed E-state index contributed by atoms with van der Waals surface area (Å²) >= 11 is 0. The lowest BCUT2D eigenvalue weighted by Gasteiger charge is -2.23. The molecule has 1 heterocycles. The average Bonchev–Trinajstić information content (AvgIpc) is 3.05. The van der Waals surface area contributed by atoms with E-state index in [1.807, 2.05) is 38.2 Å². The van der Waals surface area contributed by atoms with E-state index >= 15 is 0 Å². The van der Waals surface area contributed by atoms with Crippen molar-refractivity contribution in [1.29, 1.82) is 0 Å². The zero-order valence-corrected chi connectivity index (χ0v) is 18.0. The van der Waals surface area contributed by atoms with E-state index in [1.165, 1.54) is 0 Å². The predicted octanol–water partition coefficient (Wildman–Crippen LogP) is 2.01. The maximum Gasteiger partial charge on any atom is 0.191 e. The minimum atomic E-state index is -1.05. The van der Waals surface area contributed by atoms with Crippen LogP contribution in [0.15, 0.2) is 41.7 Å². The van der Waals surface area contributed by atoms with Gasteiger partial charge >= 0.3 is 0 Å². The Morgan fingerprint density at radius 1 is 1.35 bits per heavy atom. The molecule has 2 rings (SSSR count). The van der Waals surface area contributed by atoms with Crippen molar-refractivity contribution < 1.29 is 9.84 Å².